The zero-order valence-electron chi connectivity index (χ0n) is 7.58. The van der Waals surface area contributed by atoms with Crippen LogP contribution in [0.1, 0.15) is 19.8 Å². The number of hydrogen-bond acceptors (Lipinski definition) is 3. The minimum absolute atomic E-state index is 0.483. The Balaban J connectivity index is 2.44. The summed E-state index contributed by atoms with van der Waals surface area (Å²) in [5, 5.41) is 0. The van der Waals surface area contributed by atoms with Gasteiger partial charge in [-0.1, -0.05) is 13.3 Å². The maximum Gasteiger partial charge on any atom is 0.229 e. The highest BCUT2D eigenvalue weighted by atomic mass is 16.5. The molecule has 0 amide bonds. The fourth-order valence-electron chi connectivity index (χ4n) is 0.913. The van der Waals surface area contributed by atoms with Crippen molar-refractivity contribution in [1.29, 1.82) is 0 Å². The topological polar surface area (TPSA) is 43.4 Å². The lowest BCUT2D eigenvalue weighted by Gasteiger charge is -2.07. The van der Waals surface area contributed by atoms with Crippen molar-refractivity contribution in [2.45, 2.75) is 19.8 Å². The standard InChI is InChI=1S/C10H12O3/c1-2-3-6-13-8-4-5-9(11)10(12)7-8/h4-5,7H,2-3,6H2,1H3. The lowest BCUT2D eigenvalue weighted by Crippen LogP contribution is -2.12. The second-order valence-electron chi connectivity index (χ2n) is 2.81. The van der Waals surface area contributed by atoms with E-state index < -0.39 is 11.6 Å². The molecule has 0 saturated carbocycles. The molecule has 0 atom stereocenters. The van der Waals surface area contributed by atoms with Gasteiger partial charge < -0.3 is 4.74 Å². The van der Waals surface area contributed by atoms with Crippen molar-refractivity contribution < 1.29 is 14.3 Å². The molecule has 0 fully saturated rings. The van der Waals surface area contributed by atoms with Gasteiger partial charge in [0.1, 0.15) is 5.76 Å². The average molecular weight is 180 g/mol. The molecule has 0 spiro atoms. The highest BCUT2D eigenvalue weighted by Gasteiger charge is 2.13. The first-order valence-electron chi connectivity index (χ1n) is 4.35. The van der Waals surface area contributed by atoms with Gasteiger partial charge in [-0.15, -0.1) is 0 Å². The van der Waals surface area contributed by atoms with Crippen molar-refractivity contribution in [3.8, 4) is 0 Å². The van der Waals surface area contributed by atoms with E-state index in [0.717, 1.165) is 12.8 Å². The van der Waals surface area contributed by atoms with Gasteiger partial charge >= 0.3 is 0 Å². The van der Waals surface area contributed by atoms with Crippen LogP contribution in [0.2, 0.25) is 0 Å². The summed E-state index contributed by atoms with van der Waals surface area (Å²) in [6.45, 7) is 2.65. The van der Waals surface area contributed by atoms with Crippen LogP contribution in [0.15, 0.2) is 24.0 Å². The van der Waals surface area contributed by atoms with Crippen molar-refractivity contribution in [1.82, 2.24) is 0 Å². The molecule has 70 valence electrons. The number of allylic oxidation sites excluding steroid dienone is 3. The summed E-state index contributed by atoms with van der Waals surface area (Å²) in [4.78, 5) is 21.6. The van der Waals surface area contributed by atoms with Crippen LogP contribution < -0.4 is 0 Å². The van der Waals surface area contributed by atoms with Crippen LogP contribution in [0.4, 0.5) is 0 Å². The molecule has 1 rings (SSSR count). The zero-order chi connectivity index (χ0) is 9.68. The van der Waals surface area contributed by atoms with E-state index in [9.17, 15) is 9.59 Å². The molecule has 0 aliphatic heterocycles. The van der Waals surface area contributed by atoms with E-state index in [2.05, 4.69) is 6.92 Å². The fourth-order valence-corrected chi connectivity index (χ4v) is 0.913. The highest BCUT2D eigenvalue weighted by molar-refractivity contribution is 6.46. The van der Waals surface area contributed by atoms with Gasteiger partial charge in [0.05, 0.1) is 6.61 Å². The van der Waals surface area contributed by atoms with E-state index in [1.54, 1.807) is 0 Å². The maximum atomic E-state index is 10.9. The Labute approximate surface area is 77.1 Å². The van der Waals surface area contributed by atoms with E-state index >= 15 is 0 Å². The first-order valence-corrected chi connectivity index (χ1v) is 4.35. The van der Waals surface area contributed by atoms with E-state index in [-0.39, 0.29) is 0 Å². The summed E-state index contributed by atoms with van der Waals surface area (Å²) in [5.41, 5.74) is 0. The SMILES string of the molecule is CCCCOC1=CC(=O)C(=O)C=C1. The Morgan fingerprint density at radius 2 is 2.00 bits per heavy atom. The van der Waals surface area contributed by atoms with Crippen molar-refractivity contribution in [3.05, 3.63) is 24.0 Å². The molecule has 0 aromatic rings. The molecule has 3 heteroatoms. The summed E-state index contributed by atoms with van der Waals surface area (Å²) in [7, 11) is 0. The van der Waals surface area contributed by atoms with Gasteiger partial charge in [0.15, 0.2) is 0 Å². The minimum Gasteiger partial charge on any atom is -0.493 e. The Morgan fingerprint density at radius 1 is 1.23 bits per heavy atom. The Bertz CT molecular complexity index is 274. The number of carbonyl (C=O) groups is 2. The summed E-state index contributed by atoms with van der Waals surface area (Å²) in [5.74, 6) is -0.505. The third-order valence-electron chi connectivity index (χ3n) is 1.68. The second-order valence-corrected chi connectivity index (χ2v) is 2.81. The van der Waals surface area contributed by atoms with Gasteiger partial charge in [-0.05, 0) is 18.6 Å². The number of ketones is 2. The summed E-state index contributed by atoms with van der Waals surface area (Å²) >= 11 is 0. The molecule has 0 unspecified atom stereocenters. The quantitative estimate of drug-likeness (QED) is 0.373. The monoisotopic (exact) mass is 180 g/mol. The molecule has 13 heavy (non-hydrogen) atoms. The van der Waals surface area contributed by atoms with Crippen molar-refractivity contribution >= 4 is 11.6 Å². The molecule has 0 heterocycles. The number of unbranched alkanes of at least 4 members (excludes halogenated alkanes) is 1. The number of hydrogen-bond donors (Lipinski definition) is 0. The lowest BCUT2D eigenvalue weighted by atomic mass is 10.1. The average Bonchev–Trinajstić information content (AvgIpc) is 2.12. The Kier molecular flexibility index (Phi) is 3.43. The van der Waals surface area contributed by atoms with E-state index in [4.69, 9.17) is 4.74 Å². The van der Waals surface area contributed by atoms with Gasteiger partial charge in [0.2, 0.25) is 11.6 Å². The molecule has 0 bridgehead atoms. The van der Waals surface area contributed by atoms with Crippen LogP contribution in [-0.4, -0.2) is 18.2 Å². The van der Waals surface area contributed by atoms with Crippen LogP contribution in [0.5, 0.6) is 0 Å². The Morgan fingerprint density at radius 3 is 2.62 bits per heavy atom. The molecule has 1 aliphatic rings. The molecular weight excluding hydrogens is 168 g/mol. The van der Waals surface area contributed by atoms with Crippen LogP contribution in [0.25, 0.3) is 0 Å². The lowest BCUT2D eigenvalue weighted by molar-refractivity contribution is -0.131. The molecular formula is C10H12O3. The maximum absolute atomic E-state index is 10.9. The molecule has 1 aliphatic carbocycles. The predicted molar refractivity (Wildman–Crippen MR) is 48.1 cm³/mol. The van der Waals surface area contributed by atoms with E-state index in [0.29, 0.717) is 12.4 Å². The first kappa shape index (κ1) is 9.71. The van der Waals surface area contributed by atoms with Crippen molar-refractivity contribution in [2.24, 2.45) is 0 Å². The first-order chi connectivity index (χ1) is 6.24. The third kappa shape index (κ3) is 2.86. The fraction of sp³-hybridized carbons (Fsp3) is 0.400. The molecule has 0 aromatic heterocycles. The van der Waals surface area contributed by atoms with Crippen LogP contribution in [0, 0.1) is 0 Å². The smallest absolute Gasteiger partial charge is 0.229 e. The van der Waals surface area contributed by atoms with Gasteiger partial charge in [-0.3, -0.25) is 9.59 Å². The molecule has 0 N–H and O–H groups in total. The van der Waals surface area contributed by atoms with Crippen LogP contribution >= 0.6 is 0 Å². The summed E-state index contributed by atoms with van der Waals surface area (Å²) < 4.78 is 5.24. The molecule has 0 radical (unpaired) electrons. The Hall–Kier alpha value is -1.38. The molecule has 3 nitrogen and oxygen atoms in total. The number of ether oxygens (including phenoxy) is 1. The van der Waals surface area contributed by atoms with Gasteiger partial charge in [-0.25, -0.2) is 0 Å². The van der Waals surface area contributed by atoms with Crippen molar-refractivity contribution in [2.75, 3.05) is 6.61 Å². The van der Waals surface area contributed by atoms with Crippen molar-refractivity contribution in [3.63, 3.8) is 0 Å². The summed E-state index contributed by atoms with van der Waals surface area (Å²) in [6.07, 6.45) is 6.00. The highest BCUT2D eigenvalue weighted by Crippen LogP contribution is 2.07. The minimum atomic E-state index is -0.506. The molecule has 0 saturated heterocycles. The number of carbonyl (C=O) groups excluding carboxylic acids is 2. The molecule has 0 aromatic carbocycles. The van der Waals surface area contributed by atoms with Gasteiger partial charge in [-0.2, -0.15) is 0 Å². The van der Waals surface area contributed by atoms with Gasteiger partial charge in [0, 0.05) is 6.08 Å². The second kappa shape index (κ2) is 4.60. The van der Waals surface area contributed by atoms with E-state index in [1.165, 1.54) is 18.2 Å². The van der Waals surface area contributed by atoms with Crippen LogP contribution in [-0.2, 0) is 14.3 Å². The summed E-state index contributed by atoms with van der Waals surface area (Å²) in [6, 6.07) is 0. The van der Waals surface area contributed by atoms with Crippen LogP contribution in [0.3, 0.4) is 0 Å². The number of rotatable bonds is 4. The van der Waals surface area contributed by atoms with E-state index in [1.807, 2.05) is 0 Å². The largest absolute Gasteiger partial charge is 0.493 e. The third-order valence-corrected chi connectivity index (χ3v) is 1.68. The zero-order valence-corrected chi connectivity index (χ0v) is 7.58. The predicted octanol–water partition coefficient (Wildman–Crippen LogP) is 1.40. The normalized spacial score (nSPS) is 15.9. The van der Waals surface area contributed by atoms with Gasteiger partial charge in [0.25, 0.3) is 0 Å².